The summed E-state index contributed by atoms with van der Waals surface area (Å²) in [4.78, 5) is 27.5. The first-order valence-corrected chi connectivity index (χ1v) is 7.99. The van der Waals surface area contributed by atoms with E-state index in [1.807, 2.05) is 6.07 Å². The summed E-state index contributed by atoms with van der Waals surface area (Å²) in [5, 5.41) is 9.43. The molecule has 0 unspecified atom stereocenters. The van der Waals surface area contributed by atoms with Crippen molar-refractivity contribution in [1.29, 1.82) is 5.26 Å². The average Bonchev–Trinajstić information content (AvgIpc) is 2.62. The molecule has 140 valence electrons. The van der Waals surface area contributed by atoms with Crippen LogP contribution < -0.4 is 10.6 Å². The van der Waals surface area contributed by atoms with Gasteiger partial charge in [0.25, 0.3) is 5.91 Å². The number of ether oxygens (including phenoxy) is 2. The van der Waals surface area contributed by atoms with Gasteiger partial charge in [-0.25, -0.2) is 4.90 Å². The molecule has 1 rings (SSSR count). The third kappa shape index (κ3) is 6.20. The zero-order chi connectivity index (χ0) is 19.5. The zero-order valence-electron chi connectivity index (χ0n) is 15.3. The smallest absolute Gasteiger partial charge is 0.277 e. The quantitative estimate of drug-likeness (QED) is 0.400. The number of carbonyl (C=O) groups is 2. The number of nitrogens with zero attached hydrogens (tertiary/aromatic N) is 3. The SMILES string of the molecule is COCCN(/C=C(/C#N)C(=O)N(C(C)=O)c1ccc(N)cc1)CCOC. The minimum atomic E-state index is -0.704. The highest BCUT2D eigenvalue weighted by Gasteiger charge is 2.24. The van der Waals surface area contributed by atoms with E-state index in [-0.39, 0.29) is 5.57 Å². The molecule has 0 saturated carbocycles. The fourth-order valence-corrected chi connectivity index (χ4v) is 2.16. The van der Waals surface area contributed by atoms with E-state index >= 15 is 0 Å². The van der Waals surface area contributed by atoms with E-state index in [0.29, 0.717) is 37.7 Å². The Morgan fingerprint density at radius 3 is 2.12 bits per heavy atom. The molecule has 0 saturated heterocycles. The van der Waals surface area contributed by atoms with E-state index in [9.17, 15) is 14.9 Å². The fourth-order valence-electron chi connectivity index (χ4n) is 2.16. The summed E-state index contributed by atoms with van der Waals surface area (Å²) in [5.74, 6) is -1.20. The molecule has 2 N–H and O–H groups in total. The number of imide groups is 1. The minimum absolute atomic E-state index is 0.163. The predicted molar refractivity (Wildman–Crippen MR) is 98.0 cm³/mol. The number of amides is 2. The molecule has 0 atom stereocenters. The highest BCUT2D eigenvalue weighted by molar-refractivity contribution is 6.21. The number of methoxy groups -OCH3 is 2. The van der Waals surface area contributed by atoms with Crippen LogP contribution in [0.25, 0.3) is 0 Å². The summed E-state index contributed by atoms with van der Waals surface area (Å²) in [5.41, 5.74) is 6.33. The average molecular weight is 360 g/mol. The summed E-state index contributed by atoms with van der Waals surface area (Å²) >= 11 is 0. The molecule has 0 spiro atoms. The van der Waals surface area contributed by atoms with Crippen molar-refractivity contribution in [2.75, 3.05) is 51.2 Å². The second-order valence-electron chi connectivity index (χ2n) is 5.43. The van der Waals surface area contributed by atoms with Crippen molar-refractivity contribution >= 4 is 23.2 Å². The first-order valence-electron chi connectivity index (χ1n) is 7.99. The van der Waals surface area contributed by atoms with Crippen LogP contribution in [0.15, 0.2) is 36.0 Å². The number of rotatable bonds is 9. The highest BCUT2D eigenvalue weighted by atomic mass is 16.5. The number of nitriles is 1. The van der Waals surface area contributed by atoms with Gasteiger partial charge >= 0.3 is 0 Å². The van der Waals surface area contributed by atoms with E-state index in [4.69, 9.17) is 15.2 Å². The Labute approximate surface area is 153 Å². The van der Waals surface area contributed by atoms with Crippen LogP contribution in [-0.2, 0) is 19.1 Å². The topological polar surface area (TPSA) is 109 Å². The van der Waals surface area contributed by atoms with Crippen molar-refractivity contribution in [3.63, 3.8) is 0 Å². The van der Waals surface area contributed by atoms with Crippen molar-refractivity contribution in [3.8, 4) is 6.07 Å². The number of anilines is 2. The molecule has 8 nitrogen and oxygen atoms in total. The second kappa shape index (κ2) is 10.9. The molecule has 8 heteroatoms. The minimum Gasteiger partial charge on any atom is -0.399 e. The van der Waals surface area contributed by atoms with Gasteiger partial charge in [0.2, 0.25) is 5.91 Å². The molecule has 0 aliphatic carbocycles. The summed E-state index contributed by atoms with van der Waals surface area (Å²) in [6.45, 7) is 3.04. The van der Waals surface area contributed by atoms with Gasteiger partial charge in [-0.15, -0.1) is 0 Å². The molecule has 0 aliphatic heterocycles. The van der Waals surface area contributed by atoms with E-state index < -0.39 is 11.8 Å². The van der Waals surface area contributed by atoms with Gasteiger partial charge in [0, 0.05) is 46.1 Å². The van der Waals surface area contributed by atoms with Crippen LogP contribution in [0.3, 0.4) is 0 Å². The van der Waals surface area contributed by atoms with E-state index in [2.05, 4.69) is 0 Å². The molecule has 2 amide bonds. The maximum absolute atomic E-state index is 12.8. The van der Waals surface area contributed by atoms with Crippen LogP contribution in [-0.4, -0.2) is 57.2 Å². The summed E-state index contributed by atoms with van der Waals surface area (Å²) in [7, 11) is 3.13. The Morgan fingerprint density at radius 2 is 1.69 bits per heavy atom. The van der Waals surface area contributed by atoms with Gasteiger partial charge in [-0.3, -0.25) is 9.59 Å². The number of nitrogen functional groups attached to an aromatic ring is 1. The first kappa shape index (κ1) is 21.2. The van der Waals surface area contributed by atoms with Crippen molar-refractivity contribution in [3.05, 3.63) is 36.0 Å². The molecule has 1 aromatic rings. The maximum atomic E-state index is 12.8. The third-order valence-corrected chi connectivity index (χ3v) is 3.50. The van der Waals surface area contributed by atoms with Gasteiger partial charge in [-0.2, -0.15) is 5.26 Å². The lowest BCUT2D eigenvalue weighted by molar-refractivity contribution is -0.123. The molecule has 0 aromatic heterocycles. The number of carbonyl (C=O) groups excluding carboxylic acids is 2. The van der Waals surface area contributed by atoms with Crippen LogP contribution >= 0.6 is 0 Å². The summed E-state index contributed by atoms with van der Waals surface area (Å²) < 4.78 is 10.1. The number of benzene rings is 1. The number of hydrogen-bond acceptors (Lipinski definition) is 7. The fraction of sp³-hybridized carbons (Fsp3) is 0.389. The van der Waals surface area contributed by atoms with Crippen LogP contribution in [0.5, 0.6) is 0 Å². The molecule has 0 radical (unpaired) electrons. The van der Waals surface area contributed by atoms with Gasteiger partial charge in [0.05, 0.1) is 18.9 Å². The Hall–Kier alpha value is -2.89. The van der Waals surface area contributed by atoms with Crippen LogP contribution in [0.2, 0.25) is 0 Å². The Morgan fingerprint density at radius 1 is 1.15 bits per heavy atom. The predicted octanol–water partition coefficient (Wildman–Crippen LogP) is 1.15. The molecule has 26 heavy (non-hydrogen) atoms. The standard InChI is InChI=1S/C18H24N4O4/c1-14(23)22(17-6-4-16(20)5-7-17)18(24)15(12-19)13-21(8-10-25-2)9-11-26-3/h4-7,13H,8-11,20H2,1-3H3/b15-13-. The second-order valence-corrected chi connectivity index (χ2v) is 5.43. The van der Waals surface area contributed by atoms with Crippen LogP contribution in [0.4, 0.5) is 11.4 Å². The number of nitrogens with two attached hydrogens (primary N) is 1. The van der Waals surface area contributed by atoms with Crippen molar-refractivity contribution in [2.45, 2.75) is 6.92 Å². The van der Waals surface area contributed by atoms with Crippen LogP contribution in [0.1, 0.15) is 6.92 Å². The normalized spacial score (nSPS) is 10.9. The van der Waals surface area contributed by atoms with Gasteiger partial charge in [0.1, 0.15) is 11.6 Å². The summed E-state index contributed by atoms with van der Waals surface area (Å²) in [6, 6.07) is 8.14. The van der Waals surface area contributed by atoms with E-state index in [1.54, 1.807) is 43.4 Å². The highest BCUT2D eigenvalue weighted by Crippen LogP contribution is 2.19. The van der Waals surface area contributed by atoms with E-state index in [1.165, 1.54) is 13.1 Å². The molecular formula is C18H24N4O4. The Bertz CT molecular complexity index is 671. The maximum Gasteiger partial charge on any atom is 0.277 e. The Balaban J connectivity index is 3.13. The molecular weight excluding hydrogens is 336 g/mol. The monoisotopic (exact) mass is 360 g/mol. The molecule has 0 heterocycles. The molecule has 0 bridgehead atoms. The van der Waals surface area contributed by atoms with Gasteiger partial charge in [0.15, 0.2) is 0 Å². The van der Waals surface area contributed by atoms with Gasteiger partial charge < -0.3 is 20.1 Å². The Kier molecular flexibility index (Phi) is 8.84. The van der Waals surface area contributed by atoms with E-state index in [0.717, 1.165) is 4.90 Å². The lowest BCUT2D eigenvalue weighted by Gasteiger charge is -2.22. The van der Waals surface area contributed by atoms with Crippen molar-refractivity contribution in [2.24, 2.45) is 0 Å². The van der Waals surface area contributed by atoms with Gasteiger partial charge in [-0.1, -0.05) is 0 Å². The third-order valence-electron chi connectivity index (χ3n) is 3.50. The zero-order valence-corrected chi connectivity index (χ0v) is 15.3. The lowest BCUT2D eigenvalue weighted by atomic mass is 10.2. The first-order chi connectivity index (χ1) is 12.4. The number of hydrogen-bond donors (Lipinski definition) is 1. The molecule has 0 fully saturated rings. The molecule has 0 aliphatic rings. The largest absolute Gasteiger partial charge is 0.399 e. The molecule has 1 aromatic carbocycles. The van der Waals surface area contributed by atoms with Gasteiger partial charge in [-0.05, 0) is 24.3 Å². The lowest BCUT2D eigenvalue weighted by Crippen LogP contribution is -2.37. The van der Waals surface area contributed by atoms with Crippen molar-refractivity contribution in [1.82, 2.24) is 4.90 Å². The van der Waals surface area contributed by atoms with Crippen LogP contribution in [0, 0.1) is 11.3 Å². The van der Waals surface area contributed by atoms with Crippen molar-refractivity contribution < 1.29 is 19.1 Å². The summed E-state index contributed by atoms with van der Waals surface area (Å²) in [6.07, 6.45) is 1.42.